The molecule has 0 aliphatic carbocycles. The standard InChI is InChI=1S/C24H32I2N2S4/c1-15-19-20(16(2)27(15)13-9-5-7-11-25)30-23(29-19)24-31-21-17(3)28(14-10-6-8-12-26)18(4)22(21)32-24/h5-14H2,1-4H3. The smallest absolute Gasteiger partial charge is 0.0708 e. The van der Waals surface area contributed by atoms with Gasteiger partial charge in [-0.25, -0.2) is 0 Å². The number of hydrogen-bond donors (Lipinski definition) is 0. The van der Waals surface area contributed by atoms with E-state index in [-0.39, 0.29) is 0 Å². The summed E-state index contributed by atoms with van der Waals surface area (Å²) in [7, 11) is 0. The first kappa shape index (κ1) is 26.2. The molecular formula is C24H32I2N2S4. The average molecular weight is 731 g/mol. The Morgan fingerprint density at radius 2 is 0.812 bits per heavy atom. The first-order valence-electron chi connectivity index (χ1n) is 11.4. The number of fused-ring (bicyclic) bond motifs is 2. The largest absolute Gasteiger partial charge is 0.347 e. The molecule has 0 bridgehead atoms. The predicted molar refractivity (Wildman–Crippen MR) is 164 cm³/mol. The van der Waals surface area contributed by atoms with Gasteiger partial charge in [-0.3, -0.25) is 0 Å². The molecule has 0 saturated carbocycles. The molecule has 2 aliphatic rings. The van der Waals surface area contributed by atoms with E-state index in [2.05, 4.69) is 82.0 Å². The fourth-order valence-corrected chi connectivity index (χ4v) is 11.4. The summed E-state index contributed by atoms with van der Waals surface area (Å²) in [4.78, 5) is 6.04. The first-order valence-corrected chi connectivity index (χ1v) is 17.8. The summed E-state index contributed by atoms with van der Waals surface area (Å²) in [5, 5.41) is 0. The molecule has 4 heterocycles. The first-order chi connectivity index (χ1) is 15.5. The van der Waals surface area contributed by atoms with Gasteiger partial charge in [-0.15, -0.1) is 0 Å². The lowest BCUT2D eigenvalue weighted by atomic mass is 10.2. The van der Waals surface area contributed by atoms with Crippen LogP contribution in [0.15, 0.2) is 28.1 Å². The summed E-state index contributed by atoms with van der Waals surface area (Å²) in [5.74, 6) is 0. The van der Waals surface area contributed by atoms with Gasteiger partial charge < -0.3 is 9.13 Å². The van der Waals surface area contributed by atoms with Crippen LogP contribution in [0.4, 0.5) is 0 Å². The van der Waals surface area contributed by atoms with E-state index in [0.29, 0.717) is 0 Å². The molecule has 0 atom stereocenters. The summed E-state index contributed by atoms with van der Waals surface area (Å²) in [6.07, 6.45) is 7.95. The molecule has 0 unspecified atom stereocenters. The molecule has 2 nitrogen and oxygen atoms in total. The Kier molecular flexibility index (Phi) is 9.78. The molecule has 0 radical (unpaired) electrons. The van der Waals surface area contributed by atoms with Crippen LogP contribution >= 0.6 is 92.2 Å². The zero-order valence-electron chi connectivity index (χ0n) is 19.4. The van der Waals surface area contributed by atoms with E-state index < -0.39 is 0 Å². The van der Waals surface area contributed by atoms with Gasteiger partial charge in [0.15, 0.2) is 0 Å². The second-order valence-corrected chi connectivity index (χ2v) is 15.2. The molecule has 2 aliphatic heterocycles. The van der Waals surface area contributed by atoms with Gasteiger partial charge in [0.2, 0.25) is 0 Å². The summed E-state index contributed by atoms with van der Waals surface area (Å²) >= 11 is 13.1. The van der Waals surface area contributed by atoms with Crippen molar-refractivity contribution in [3.05, 3.63) is 31.3 Å². The Morgan fingerprint density at radius 1 is 0.500 bits per heavy atom. The number of aromatic nitrogens is 2. The highest BCUT2D eigenvalue weighted by Gasteiger charge is 2.34. The van der Waals surface area contributed by atoms with Crippen molar-refractivity contribution in [1.29, 1.82) is 0 Å². The number of thioether (sulfide) groups is 4. The van der Waals surface area contributed by atoms with Crippen molar-refractivity contribution in [3.8, 4) is 0 Å². The highest BCUT2D eigenvalue weighted by molar-refractivity contribution is 14.1. The number of halogens is 2. The fourth-order valence-electron chi connectivity index (χ4n) is 4.46. The van der Waals surface area contributed by atoms with Crippen molar-refractivity contribution >= 4 is 92.2 Å². The van der Waals surface area contributed by atoms with Crippen LogP contribution in [0.3, 0.4) is 0 Å². The number of unbranched alkanes of at least 4 members (excludes halogenated alkanes) is 4. The van der Waals surface area contributed by atoms with Crippen molar-refractivity contribution < 1.29 is 0 Å². The molecule has 0 saturated heterocycles. The van der Waals surface area contributed by atoms with Gasteiger partial charge in [0.05, 0.1) is 8.47 Å². The van der Waals surface area contributed by atoms with Crippen LogP contribution < -0.4 is 0 Å². The Hall–Kier alpha value is 1.16. The SMILES string of the molecule is Cc1c2c(c(C)n1CCCCCI)SC(=C1Sc3c(c(C)n(CCCCCI)c3C)S1)S2. The van der Waals surface area contributed by atoms with E-state index in [1.54, 1.807) is 0 Å². The third-order valence-electron chi connectivity index (χ3n) is 6.32. The third kappa shape index (κ3) is 5.30. The summed E-state index contributed by atoms with van der Waals surface area (Å²) in [6, 6.07) is 0. The monoisotopic (exact) mass is 730 g/mol. The van der Waals surface area contributed by atoms with Crippen LogP contribution in [0.5, 0.6) is 0 Å². The minimum Gasteiger partial charge on any atom is -0.347 e. The van der Waals surface area contributed by atoms with Crippen LogP contribution in [0.2, 0.25) is 0 Å². The zero-order chi connectivity index (χ0) is 22.8. The van der Waals surface area contributed by atoms with Gasteiger partial charge in [0.1, 0.15) is 0 Å². The van der Waals surface area contributed by atoms with Crippen LogP contribution in [-0.2, 0) is 13.1 Å². The van der Waals surface area contributed by atoms with E-state index in [4.69, 9.17) is 0 Å². The Labute approximate surface area is 237 Å². The molecular weight excluding hydrogens is 698 g/mol. The maximum Gasteiger partial charge on any atom is 0.0708 e. The normalized spacial score (nSPS) is 15.2. The van der Waals surface area contributed by atoms with Gasteiger partial charge in [0, 0.05) is 55.4 Å². The molecule has 0 fully saturated rings. The number of rotatable bonds is 10. The van der Waals surface area contributed by atoms with E-state index in [0.717, 1.165) is 0 Å². The van der Waals surface area contributed by atoms with E-state index in [9.17, 15) is 0 Å². The van der Waals surface area contributed by atoms with E-state index >= 15 is 0 Å². The number of hydrogen-bond acceptors (Lipinski definition) is 4. The minimum atomic E-state index is 1.17. The predicted octanol–water partition coefficient (Wildman–Crippen LogP) is 9.96. The maximum atomic E-state index is 2.57. The highest BCUT2D eigenvalue weighted by Crippen LogP contribution is 2.64. The van der Waals surface area contributed by atoms with E-state index in [1.807, 2.05) is 47.0 Å². The zero-order valence-corrected chi connectivity index (χ0v) is 26.9. The molecule has 2 aromatic heterocycles. The molecule has 4 rings (SSSR count). The second kappa shape index (κ2) is 11.9. The Balaban J connectivity index is 1.46. The summed E-state index contributed by atoms with van der Waals surface area (Å²) in [5.41, 5.74) is 5.88. The van der Waals surface area contributed by atoms with Gasteiger partial charge >= 0.3 is 0 Å². The topological polar surface area (TPSA) is 9.86 Å². The van der Waals surface area contributed by atoms with Crippen LogP contribution in [0.1, 0.15) is 61.3 Å². The van der Waals surface area contributed by atoms with Crippen molar-refractivity contribution in [2.24, 2.45) is 0 Å². The Morgan fingerprint density at radius 3 is 1.09 bits per heavy atom. The third-order valence-corrected chi connectivity index (χ3v) is 14.0. The molecule has 0 amide bonds. The van der Waals surface area contributed by atoms with Gasteiger partial charge in [-0.2, -0.15) is 0 Å². The van der Waals surface area contributed by atoms with Crippen LogP contribution in [0, 0.1) is 27.7 Å². The lowest BCUT2D eigenvalue weighted by Crippen LogP contribution is -2.03. The molecule has 32 heavy (non-hydrogen) atoms. The molecule has 8 heteroatoms. The minimum absolute atomic E-state index is 1.17. The van der Waals surface area contributed by atoms with Crippen molar-refractivity contribution in [2.75, 3.05) is 8.86 Å². The Bertz CT molecular complexity index is 879. The van der Waals surface area contributed by atoms with Crippen molar-refractivity contribution in [3.63, 3.8) is 0 Å². The second-order valence-electron chi connectivity index (χ2n) is 8.44. The van der Waals surface area contributed by atoms with Crippen molar-refractivity contribution in [2.45, 2.75) is 98.9 Å². The summed E-state index contributed by atoms with van der Waals surface area (Å²) < 4.78 is 10.7. The molecule has 0 N–H and O–H groups in total. The number of nitrogens with zero attached hydrogens (tertiary/aromatic N) is 2. The lowest BCUT2D eigenvalue weighted by Gasteiger charge is -2.12. The van der Waals surface area contributed by atoms with Crippen molar-refractivity contribution in [1.82, 2.24) is 9.13 Å². The molecule has 0 aromatic carbocycles. The lowest BCUT2D eigenvalue weighted by molar-refractivity contribution is 0.584. The summed E-state index contributed by atoms with van der Waals surface area (Å²) in [6.45, 7) is 11.6. The average Bonchev–Trinajstić information content (AvgIpc) is 3.50. The highest BCUT2D eigenvalue weighted by atomic mass is 127. The fraction of sp³-hybridized carbons (Fsp3) is 0.583. The quantitative estimate of drug-likeness (QED) is 0.137. The van der Waals surface area contributed by atoms with E-state index in [1.165, 1.54) is 111 Å². The van der Waals surface area contributed by atoms with Crippen LogP contribution in [0.25, 0.3) is 0 Å². The number of alkyl halides is 2. The van der Waals surface area contributed by atoms with Gasteiger partial charge in [-0.1, -0.05) is 105 Å². The van der Waals surface area contributed by atoms with Gasteiger partial charge in [0.25, 0.3) is 0 Å². The maximum absolute atomic E-state index is 2.57. The molecule has 2 aromatic rings. The van der Waals surface area contributed by atoms with Gasteiger partial charge in [-0.05, 0) is 62.2 Å². The van der Waals surface area contributed by atoms with Crippen LogP contribution in [-0.4, -0.2) is 18.0 Å². The molecule has 176 valence electrons. The molecule has 0 spiro atoms.